The largest absolute Gasteiger partial charge is 0.275 e. The van der Waals surface area contributed by atoms with Crippen molar-refractivity contribution in [2.24, 2.45) is 7.05 Å². The third kappa shape index (κ3) is 2.86. The smallest absolute Gasteiger partial charge is 0.0690 e. The van der Waals surface area contributed by atoms with Crippen molar-refractivity contribution < 1.29 is 0 Å². The third-order valence-electron chi connectivity index (χ3n) is 2.89. The lowest BCUT2D eigenvalue weighted by atomic mass is 10.1. The second-order valence-electron chi connectivity index (χ2n) is 4.46. The van der Waals surface area contributed by atoms with Gasteiger partial charge in [0.1, 0.15) is 0 Å². The highest BCUT2D eigenvalue weighted by Crippen LogP contribution is 2.20. The van der Waals surface area contributed by atoms with Crippen LogP contribution in [-0.2, 0) is 13.6 Å². The van der Waals surface area contributed by atoms with Gasteiger partial charge in [-0.2, -0.15) is 10.2 Å². The summed E-state index contributed by atoms with van der Waals surface area (Å²) >= 11 is 2.32. The third-order valence-corrected chi connectivity index (χ3v) is 3.57. The molecule has 96 valence electrons. The minimum absolute atomic E-state index is 0.748. The molecule has 0 atom stereocenters. The van der Waals surface area contributed by atoms with Crippen LogP contribution in [0.15, 0.2) is 49.1 Å². The highest BCUT2D eigenvalue weighted by molar-refractivity contribution is 14.1. The van der Waals surface area contributed by atoms with E-state index in [-0.39, 0.29) is 0 Å². The molecule has 0 N–H and O–H groups in total. The topological polar surface area (TPSA) is 35.6 Å². The summed E-state index contributed by atoms with van der Waals surface area (Å²) in [5.74, 6) is 0. The van der Waals surface area contributed by atoms with E-state index in [1.807, 2.05) is 30.3 Å². The first kappa shape index (κ1) is 12.4. The van der Waals surface area contributed by atoms with Crippen molar-refractivity contribution in [2.75, 3.05) is 0 Å². The van der Waals surface area contributed by atoms with Crippen molar-refractivity contribution in [3.63, 3.8) is 0 Å². The van der Waals surface area contributed by atoms with E-state index in [9.17, 15) is 0 Å². The second kappa shape index (κ2) is 5.16. The lowest BCUT2D eigenvalue weighted by Crippen LogP contribution is -1.98. The predicted molar refractivity (Wildman–Crippen MR) is 82.7 cm³/mol. The highest BCUT2D eigenvalue weighted by Gasteiger charge is 2.04. The minimum atomic E-state index is 0.748. The van der Waals surface area contributed by atoms with Crippen LogP contribution in [0.4, 0.5) is 0 Å². The van der Waals surface area contributed by atoms with Gasteiger partial charge in [-0.1, -0.05) is 12.1 Å². The molecule has 0 aliphatic carbocycles. The van der Waals surface area contributed by atoms with Crippen molar-refractivity contribution in [2.45, 2.75) is 6.54 Å². The lowest BCUT2D eigenvalue weighted by molar-refractivity contribution is 0.685. The first-order chi connectivity index (χ1) is 9.20. The minimum Gasteiger partial charge on any atom is -0.275 e. The van der Waals surface area contributed by atoms with E-state index in [2.05, 4.69) is 63.3 Å². The van der Waals surface area contributed by atoms with Gasteiger partial charge in [-0.05, 0) is 40.3 Å². The molecule has 4 nitrogen and oxygen atoms in total. The summed E-state index contributed by atoms with van der Waals surface area (Å²) in [6.45, 7) is 0.748. The number of hydrogen-bond acceptors (Lipinski definition) is 2. The zero-order chi connectivity index (χ0) is 13.2. The monoisotopic (exact) mass is 364 g/mol. The number of rotatable bonds is 3. The first-order valence-corrected chi connectivity index (χ1v) is 7.04. The summed E-state index contributed by atoms with van der Waals surface area (Å²) in [4.78, 5) is 0. The van der Waals surface area contributed by atoms with E-state index in [1.165, 1.54) is 9.13 Å². The van der Waals surface area contributed by atoms with Gasteiger partial charge >= 0.3 is 0 Å². The number of halogens is 1. The van der Waals surface area contributed by atoms with Gasteiger partial charge in [0, 0.05) is 34.1 Å². The van der Waals surface area contributed by atoms with Crippen LogP contribution in [0.5, 0.6) is 0 Å². The number of aryl methyl sites for hydroxylation is 1. The second-order valence-corrected chi connectivity index (χ2v) is 5.70. The van der Waals surface area contributed by atoms with Crippen molar-refractivity contribution in [3.05, 3.63) is 58.2 Å². The van der Waals surface area contributed by atoms with Gasteiger partial charge in [-0.15, -0.1) is 0 Å². The molecule has 3 aromatic rings. The Kier molecular flexibility index (Phi) is 3.37. The maximum absolute atomic E-state index is 4.40. The van der Waals surface area contributed by atoms with Crippen LogP contribution in [0.1, 0.15) is 5.56 Å². The fourth-order valence-electron chi connectivity index (χ4n) is 2.01. The molecule has 5 heteroatoms. The van der Waals surface area contributed by atoms with Gasteiger partial charge in [-0.25, -0.2) is 0 Å². The molecule has 0 spiro atoms. The quantitative estimate of drug-likeness (QED) is 0.670. The van der Waals surface area contributed by atoms with E-state index in [1.54, 1.807) is 4.68 Å². The Morgan fingerprint density at radius 1 is 1.11 bits per heavy atom. The zero-order valence-corrected chi connectivity index (χ0v) is 12.7. The Morgan fingerprint density at radius 2 is 2.00 bits per heavy atom. The van der Waals surface area contributed by atoms with Gasteiger partial charge in [0.25, 0.3) is 0 Å². The van der Waals surface area contributed by atoms with Crippen LogP contribution in [0, 0.1) is 3.57 Å². The van der Waals surface area contributed by atoms with E-state index < -0.39 is 0 Å². The van der Waals surface area contributed by atoms with Crippen molar-refractivity contribution in [3.8, 4) is 11.1 Å². The van der Waals surface area contributed by atoms with Crippen molar-refractivity contribution >= 4 is 22.6 Å². The van der Waals surface area contributed by atoms with E-state index in [0.29, 0.717) is 0 Å². The van der Waals surface area contributed by atoms with Gasteiger partial charge in [0.2, 0.25) is 0 Å². The number of aromatic nitrogens is 4. The molecule has 0 fully saturated rings. The fraction of sp³-hybridized carbons (Fsp3) is 0.143. The fourth-order valence-corrected chi connectivity index (χ4v) is 2.55. The number of benzene rings is 1. The summed E-state index contributed by atoms with van der Waals surface area (Å²) < 4.78 is 4.97. The molecule has 2 heterocycles. The lowest BCUT2D eigenvalue weighted by Gasteiger charge is -1.98. The Morgan fingerprint density at radius 3 is 2.74 bits per heavy atom. The molecule has 0 unspecified atom stereocenters. The van der Waals surface area contributed by atoms with Crippen molar-refractivity contribution in [1.82, 2.24) is 19.6 Å². The van der Waals surface area contributed by atoms with Crippen LogP contribution >= 0.6 is 22.6 Å². The molecule has 0 radical (unpaired) electrons. The molecule has 0 bridgehead atoms. The summed E-state index contributed by atoms with van der Waals surface area (Å²) in [5.41, 5.74) is 3.49. The van der Waals surface area contributed by atoms with Crippen molar-refractivity contribution in [1.29, 1.82) is 0 Å². The van der Waals surface area contributed by atoms with Gasteiger partial charge in [0.15, 0.2) is 0 Å². The molecule has 2 aromatic heterocycles. The van der Waals surface area contributed by atoms with Gasteiger partial charge < -0.3 is 0 Å². The van der Waals surface area contributed by atoms with Crippen LogP contribution < -0.4 is 0 Å². The Hall–Kier alpha value is -1.63. The molecule has 3 rings (SSSR count). The molecular formula is C14H13IN4. The number of hydrogen-bond donors (Lipinski definition) is 0. The SMILES string of the molecule is Cn1cc(Cn2cc(-c3cccc(I)c3)cn2)cn1. The summed E-state index contributed by atoms with van der Waals surface area (Å²) in [7, 11) is 1.92. The van der Waals surface area contributed by atoms with Crippen LogP contribution in [0.2, 0.25) is 0 Å². The average molecular weight is 364 g/mol. The Balaban J connectivity index is 1.83. The van der Waals surface area contributed by atoms with E-state index in [0.717, 1.165) is 17.7 Å². The zero-order valence-electron chi connectivity index (χ0n) is 10.5. The number of nitrogens with zero attached hydrogens (tertiary/aromatic N) is 4. The molecule has 19 heavy (non-hydrogen) atoms. The standard InChI is InChI=1S/C14H13IN4/c1-18-8-11(6-16-18)9-19-10-13(7-17-19)12-3-2-4-14(15)5-12/h2-8,10H,9H2,1H3. The van der Waals surface area contributed by atoms with Crippen LogP contribution in [0.3, 0.4) is 0 Å². The predicted octanol–water partition coefficient (Wildman–Crippen LogP) is 2.94. The molecular weight excluding hydrogens is 351 g/mol. The summed E-state index contributed by atoms with van der Waals surface area (Å²) in [6, 6.07) is 8.42. The Labute approximate surface area is 125 Å². The normalized spacial score (nSPS) is 10.8. The molecule has 0 saturated carbocycles. The van der Waals surface area contributed by atoms with Crippen LogP contribution in [-0.4, -0.2) is 19.6 Å². The van der Waals surface area contributed by atoms with Crippen LogP contribution in [0.25, 0.3) is 11.1 Å². The molecule has 1 aromatic carbocycles. The average Bonchev–Trinajstić information content (AvgIpc) is 2.99. The molecule has 0 saturated heterocycles. The Bertz CT molecular complexity index is 699. The molecule has 0 aliphatic heterocycles. The summed E-state index contributed by atoms with van der Waals surface area (Å²) in [5, 5.41) is 8.57. The maximum atomic E-state index is 4.40. The van der Waals surface area contributed by atoms with Gasteiger partial charge in [0.05, 0.1) is 18.9 Å². The van der Waals surface area contributed by atoms with E-state index >= 15 is 0 Å². The van der Waals surface area contributed by atoms with E-state index in [4.69, 9.17) is 0 Å². The summed E-state index contributed by atoms with van der Waals surface area (Å²) in [6.07, 6.45) is 7.85. The van der Waals surface area contributed by atoms with Gasteiger partial charge in [-0.3, -0.25) is 9.36 Å². The highest BCUT2D eigenvalue weighted by atomic mass is 127. The first-order valence-electron chi connectivity index (χ1n) is 5.96. The maximum Gasteiger partial charge on any atom is 0.0690 e. The molecule has 0 aliphatic rings. The molecule has 0 amide bonds.